The lowest BCUT2D eigenvalue weighted by molar-refractivity contribution is -0.129. The Balaban J connectivity index is 1.13. The van der Waals surface area contributed by atoms with Crippen LogP contribution in [0.4, 0.5) is 5.82 Å². The summed E-state index contributed by atoms with van der Waals surface area (Å²) in [6.07, 6.45) is 7.58. The Labute approximate surface area is 247 Å². The van der Waals surface area contributed by atoms with Gasteiger partial charge in [-0.15, -0.1) is 0 Å². The first-order chi connectivity index (χ1) is 19.9. The molecule has 0 radical (unpaired) electrons. The Hall–Kier alpha value is -2.69. The molecule has 3 fully saturated rings. The highest BCUT2D eigenvalue weighted by atomic mass is 32.2. The average Bonchev–Trinajstić information content (AvgIpc) is 3.49. The van der Waals surface area contributed by atoms with Crippen LogP contribution in [0.5, 0.6) is 0 Å². The molecule has 2 saturated heterocycles. The van der Waals surface area contributed by atoms with Crippen LogP contribution >= 0.6 is 11.8 Å². The van der Waals surface area contributed by atoms with Gasteiger partial charge in [0.15, 0.2) is 5.16 Å². The van der Waals surface area contributed by atoms with Gasteiger partial charge >= 0.3 is 0 Å². The van der Waals surface area contributed by atoms with Crippen LogP contribution in [0.25, 0.3) is 0 Å². The monoisotopic (exact) mass is 578 g/mol. The van der Waals surface area contributed by atoms with Crippen LogP contribution in [0.2, 0.25) is 0 Å². The molecule has 1 saturated carbocycles. The van der Waals surface area contributed by atoms with Gasteiger partial charge in [-0.2, -0.15) is 0 Å². The number of amides is 2. The van der Waals surface area contributed by atoms with Gasteiger partial charge in [0.1, 0.15) is 11.5 Å². The zero-order valence-electron chi connectivity index (χ0n) is 24.0. The number of hydrogen-bond acceptors (Lipinski definition) is 8. The molecule has 9 nitrogen and oxygen atoms in total. The fourth-order valence-electron chi connectivity index (χ4n) is 6.86. The predicted molar refractivity (Wildman–Crippen MR) is 160 cm³/mol. The zero-order chi connectivity index (χ0) is 28.3. The molecule has 2 N–H and O–H groups in total. The number of nitrogens with zero attached hydrogens (tertiary/aromatic N) is 5. The van der Waals surface area contributed by atoms with E-state index in [1.807, 2.05) is 4.90 Å². The van der Waals surface area contributed by atoms with Gasteiger partial charge in [-0.3, -0.25) is 14.5 Å². The number of carbonyl (C=O) groups excluding carboxylic acids is 2. The molecule has 0 bridgehead atoms. The van der Waals surface area contributed by atoms with Gasteiger partial charge in [0, 0.05) is 69.6 Å². The molecule has 3 aliphatic heterocycles. The smallest absolute Gasteiger partial charge is 0.272 e. The number of β-amino-alcohol motifs (C(OH)–C–C–N with tert-alkyl or cyclic N) is 1. The topological polar surface area (TPSA) is 102 Å². The fraction of sp³-hybridized carbons (Fsp3) is 0.613. The van der Waals surface area contributed by atoms with Gasteiger partial charge in [-0.25, -0.2) is 9.97 Å². The minimum absolute atomic E-state index is 0.0457. The molecule has 4 heterocycles. The molecule has 41 heavy (non-hydrogen) atoms. The molecule has 10 heteroatoms. The van der Waals surface area contributed by atoms with Crippen LogP contribution in [0.1, 0.15) is 73.5 Å². The van der Waals surface area contributed by atoms with Crippen LogP contribution in [0.15, 0.2) is 35.5 Å². The lowest BCUT2D eigenvalue weighted by atomic mass is 9.94. The Bertz CT molecular complexity index is 1250. The number of aromatic nitrogens is 2. The number of rotatable bonds is 6. The molecule has 4 aliphatic rings. The van der Waals surface area contributed by atoms with Gasteiger partial charge in [0.2, 0.25) is 5.91 Å². The van der Waals surface area contributed by atoms with Crippen LogP contribution in [0.3, 0.4) is 0 Å². The van der Waals surface area contributed by atoms with Crippen molar-refractivity contribution in [1.82, 2.24) is 24.7 Å². The molecular weight excluding hydrogens is 536 g/mol. The van der Waals surface area contributed by atoms with E-state index in [4.69, 9.17) is 9.97 Å². The Morgan fingerprint density at radius 3 is 2.41 bits per heavy atom. The van der Waals surface area contributed by atoms with E-state index in [0.717, 1.165) is 64.7 Å². The van der Waals surface area contributed by atoms with Gasteiger partial charge in [-0.1, -0.05) is 48.9 Å². The average molecular weight is 579 g/mol. The largest absolute Gasteiger partial charge is 0.390 e. The van der Waals surface area contributed by atoms with E-state index in [1.54, 1.807) is 29.7 Å². The summed E-state index contributed by atoms with van der Waals surface area (Å²) in [5.74, 6) is 0.647. The molecule has 2 atom stereocenters. The molecule has 0 spiro atoms. The van der Waals surface area contributed by atoms with E-state index in [-0.39, 0.29) is 23.9 Å². The van der Waals surface area contributed by atoms with Crippen molar-refractivity contribution in [3.63, 3.8) is 0 Å². The number of nitrogens with one attached hydrogen (secondary N) is 1. The lowest BCUT2D eigenvalue weighted by Crippen LogP contribution is -2.56. The second-order valence-electron chi connectivity index (χ2n) is 12.0. The van der Waals surface area contributed by atoms with Crippen molar-refractivity contribution in [1.29, 1.82) is 0 Å². The number of aliphatic hydroxyl groups is 1. The second kappa shape index (κ2) is 12.7. The first kappa shape index (κ1) is 28.4. The number of benzene rings is 1. The van der Waals surface area contributed by atoms with E-state index in [9.17, 15) is 14.7 Å². The molecular formula is C31H42N6O3S. The number of likely N-dealkylation sites (tertiary alicyclic amines) is 2. The van der Waals surface area contributed by atoms with Crippen molar-refractivity contribution in [3.05, 3.63) is 47.2 Å². The number of thioether (sulfide) groups is 1. The number of fused-ring (bicyclic) bond motifs is 1. The van der Waals surface area contributed by atoms with Crippen LogP contribution in [0, 0.1) is 0 Å². The first-order valence-corrected chi connectivity index (χ1v) is 16.2. The lowest BCUT2D eigenvalue weighted by Gasteiger charge is -2.43. The van der Waals surface area contributed by atoms with E-state index < -0.39 is 6.10 Å². The summed E-state index contributed by atoms with van der Waals surface area (Å²) >= 11 is 1.68. The highest BCUT2D eigenvalue weighted by molar-refractivity contribution is 7.99. The molecule has 2 aromatic rings. The van der Waals surface area contributed by atoms with E-state index >= 15 is 0 Å². The van der Waals surface area contributed by atoms with E-state index in [2.05, 4.69) is 34.5 Å². The first-order valence-electron chi connectivity index (χ1n) is 15.3. The van der Waals surface area contributed by atoms with Gasteiger partial charge in [0.25, 0.3) is 5.91 Å². The third-order valence-electron chi connectivity index (χ3n) is 9.25. The molecule has 1 aliphatic carbocycles. The fourth-order valence-corrected chi connectivity index (χ4v) is 8.03. The summed E-state index contributed by atoms with van der Waals surface area (Å²) in [4.78, 5) is 41.1. The SMILES string of the molecule is CC(=O)N1CCC(Nc2cc(C(=O)N3CC[C@@H](N4CCc5ccccc5C4)[C@H](O)C3)nc(SC3CCCC3)n2)CC1. The number of carbonyl (C=O) groups is 2. The molecule has 1 aromatic heterocycles. The van der Waals surface area contributed by atoms with Gasteiger partial charge in [-0.05, 0) is 49.7 Å². The van der Waals surface area contributed by atoms with Crippen LogP contribution in [-0.2, 0) is 17.8 Å². The van der Waals surface area contributed by atoms with Crippen molar-refractivity contribution in [2.45, 2.75) is 93.4 Å². The molecule has 1 aromatic carbocycles. The third kappa shape index (κ3) is 6.70. The number of aliphatic hydroxyl groups excluding tert-OH is 1. The Kier molecular flexibility index (Phi) is 8.79. The van der Waals surface area contributed by atoms with Gasteiger partial charge < -0.3 is 20.2 Å². The molecule has 220 valence electrons. The molecule has 2 amide bonds. The van der Waals surface area contributed by atoms with E-state index in [1.165, 1.54) is 24.0 Å². The minimum Gasteiger partial charge on any atom is -0.390 e. The standard InChI is InChI=1S/C31H42N6O3S/c1-21(38)35-15-11-24(12-16-35)32-29-18-26(33-31(34-29)41-25-8-4-5-9-25)30(40)37-17-13-27(28(39)20-37)36-14-10-22-6-2-3-7-23(22)19-36/h2-3,6-7,18,24-25,27-28,39H,4-5,8-17,19-20H2,1H3,(H,32,33,34)/t27-,28-/m1/s1. The third-order valence-corrected chi connectivity index (χ3v) is 10.5. The molecule has 0 unspecified atom stereocenters. The van der Waals surface area contributed by atoms with Crippen molar-refractivity contribution < 1.29 is 14.7 Å². The summed E-state index contributed by atoms with van der Waals surface area (Å²) in [6.45, 7) is 5.75. The zero-order valence-corrected chi connectivity index (χ0v) is 24.8. The Morgan fingerprint density at radius 1 is 0.951 bits per heavy atom. The maximum atomic E-state index is 13.8. The normalized spacial score (nSPS) is 24.3. The second-order valence-corrected chi connectivity index (χ2v) is 13.3. The summed E-state index contributed by atoms with van der Waals surface area (Å²) in [5.41, 5.74) is 3.13. The van der Waals surface area contributed by atoms with Crippen molar-refractivity contribution in [3.8, 4) is 0 Å². The summed E-state index contributed by atoms with van der Waals surface area (Å²) in [5, 5.41) is 15.9. The summed E-state index contributed by atoms with van der Waals surface area (Å²) < 4.78 is 0. The predicted octanol–water partition coefficient (Wildman–Crippen LogP) is 3.57. The van der Waals surface area contributed by atoms with Crippen LogP contribution < -0.4 is 5.32 Å². The number of piperidine rings is 2. The van der Waals surface area contributed by atoms with Gasteiger partial charge in [0.05, 0.1) is 6.10 Å². The Morgan fingerprint density at radius 2 is 1.68 bits per heavy atom. The van der Waals surface area contributed by atoms with Crippen molar-refractivity contribution >= 4 is 29.4 Å². The maximum absolute atomic E-state index is 13.8. The van der Waals surface area contributed by atoms with Crippen molar-refractivity contribution in [2.24, 2.45) is 0 Å². The maximum Gasteiger partial charge on any atom is 0.272 e. The number of hydrogen-bond donors (Lipinski definition) is 2. The quantitative estimate of drug-likeness (QED) is 0.502. The number of anilines is 1. The summed E-state index contributed by atoms with van der Waals surface area (Å²) in [7, 11) is 0. The molecule has 6 rings (SSSR count). The highest BCUT2D eigenvalue weighted by Crippen LogP contribution is 2.34. The van der Waals surface area contributed by atoms with E-state index in [0.29, 0.717) is 35.0 Å². The van der Waals surface area contributed by atoms with Crippen LogP contribution in [-0.4, -0.2) is 97.7 Å². The highest BCUT2D eigenvalue weighted by Gasteiger charge is 2.36. The van der Waals surface area contributed by atoms with Crippen molar-refractivity contribution in [2.75, 3.05) is 38.0 Å². The minimum atomic E-state index is -0.601. The summed E-state index contributed by atoms with van der Waals surface area (Å²) in [6, 6.07) is 10.6.